The van der Waals surface area contributed by atoms with Gasteiger partial charge in [-0.25, -0.2) is 0 Å². The third kappa shape index (κ3) is 10.5. The summed E-state index contributed by atoms with van der Waals surface area (Å²) >= 11 is 0. The van der Waals surface area contributed by atoms with Crippen molar-refractivity contribution in [2.45, 2.75) is 58.4 Å². The fourth-order valence-electron chi connectivity index (χ4n) is 1.68. The molecule has 0 heterocycles. The Labute approximate surface area is 166 Å². The molecule has 0 saturated heterocycles. The van der Waals surface area contributed by atoms with Crippen LogP contribution in [-0.2, 0) is 15.9 Å². The van der Waals surface area contributed by atoms with Crippen molar-refractivity contribution < 1.29 is 9.26 Å². The van der Waals surface area contributed by atoms with Crippen molar-refractivity contribution in [2.75, 3.05) is 6.61 Å². The van der Waals surface area contributed by atoms with Gasteiger partial charge in [0.05, 0.1) is 6.61 Å². The first-order valence-electron chi connectivity index (χ1n) is 9.26. The van der Waals surface area contributed by atoms with Gasteiger partial charge in [0, 0.05) is 12.6 Å². The first-order valence-corrected chi connectivity index (χ1v) is 12.2. The Hall–Kier alpha value is -2.27. The van der Waals surface area contributed by atoms with E-state index >= 15 is 0 Å². The van der Waals surface area contributed by atoms with Crippen molar-refractivity contribution in [3.8, 4) is 23.7 Å². The number of unbranched alkanes of at least 4 members (excludes halogenated alkanes) is 1. The second kappa shape index (κ2) is 12.2. The van der Waals surface area contributed by atoms with E-state index in [-0.39, 0.29) is 5.04 Å². The molecule has 4 heteroatoms. The van der Waals surface area contributed by atoms with Gasteiger partial charge < -0.3 is 9.26 Å². The molecule has 0 bridgehead atoms. The molecule has 0 atom stereocenters. The van der Waals surface area contributed by atoms with Gasteiger partial charge in [0.1, 0.15) is 6.61 Å². The van der Waals surface area contributed by atoms with E-state index in [4.69, 9.17) is 9.26 Å². The van der Waals surface area contributed by atoms with Crippen molar-refractivity contribution in [1.29, 1.82) is 0 Å². The van der Waals surface area contributed by atoms with Crippen molar-refractivity contribution in [1.82, 2.24) is 0 Å². The predicted octanol–water partition coefficient (Wildman–Crippen LogP) is 5.55. The Morgan fingerprint density at radius 3 is 2.37 bits per heavy atom. The van der Waals surface area contributed by atoms with E-state index in [1.807, 2.05) is 30.3 Å². The smallest absolute Gasteiger partial charge is 0.193 e. The third-order valence-corrected chi connectivity index (χ3v) is 8.87. The Bertz CT molecular complexity index is 723. The molecule has 0 N–H and O–H groups in total. The van der Waals surface area contributed by atoms with E-state index < -0.39 is 8.32 Å². The summed E-state index contributed by atoms with van der Waals surface area (Å²) in [6.45, 7) is 12.1. The van der Waals surface area contributed by atoms with Gasteiger partial charge in [-0.2, -0.15) is 0 Å². The van der Waals surface area contributed by atoms with Gasteiger partial charge in [0.15, 0.2) is 8.32 Å². The molecule has 0 aliphatic heterocycles. The minimum absolute atomic E-state index is 0.214. The minimum atomic E-state index is -1.70. The highest BCUT2D eigenvalue weighted by Crippen LogP contribution is 2.36. The lowest BCUT2D eigenvalue weighted by molar-refractivity contribution is 0.131. The summed E-state index contributed by atoms with van der Waals surface area (Å²) in [6.07, 6.45) is 6.78. The fourth-order valence-corrected chi connectivity index (χ4v) is 2.54. The zero-order valence-electron chi connectivity index (χ0n) is 17.2. The molecule has 0 aromatic heterocycles. The second-order valence-electron chi connectivity index (χ2n) is 7.61. The summed E-state index contributed by atoms with van der Waals surface area (Å²) in [4.78, 5) is 5.23. The summed E-state index contributed by atoms with van der Waals surface area (Å²) in [5.74, 6) is 12.0. The van der Waals surface area contributed by atoms with E-state index in [0.717, 1.165) is 18.4 Å². The van der Waals surface area contributed by atoms with Crippen LogP contribution in [0.4, 0.5) is 0 Å². The van der Waals surface area contributed by atoms with Crippen LogP contribution in [0, 0.1) is 23.7 Å². The highest BCUT2D eigenvalue weighted by Gasteiger charge is 2.36. The maximum Gasteiger partial charge on any atom is 0.193 e. The summed E-state index contributed by atoms with van der Waals surface area (Å²) < 4.78 is 5.98. The van der Waals surface area contributed by atoms with Crippen LogP contribution in [0.2, 0.25) is 18.1 Å². The zero-order chi connectivity index (χ0) is 20.0. The maximum atomic E-state index is 5.98. The Morgan fingerprint density at radius 2 is 1.70 bits per heavy atom. The van der Waals surface area contributed by atoms with Gasteiger partial charge in [-0.05, 0) is 42.3 Å². The van der Waals surface area contributed by atoms with Crippen LogP contribution in [0.3, 0.4) is 0 Å². The first-order chi connectivity index (χ1) is 12.8. The van der Waals surface area contributed by atoms with Crippen molar-refractivity contribution in [2.24, 2.45) is 5.16 Å². The molecule has 1 aromatic rings. The lowest BCUT2D eigenvalue weighted by Gasteiger charge is -2.35. The van der Waals surface area contributed by atoms with Crippen molar-refractivity contribution in [3.63, 3.8) is 0 Å². The van der Waals surface area contributed by atoms with Gasteiger partial charge in [-0.1, -0.05) is 79.9 Å². The average molecular weight is 382 g/mol. The topological polar surface area (TPSA) is 30.8 Å². The Kier molecular flexibility index (Phi) is 10.3. The van der Waals surface area contributed by atoms with Crippen LogP contribution in [-0.4, -0.2) is 21.1 Å². The fraction of sp³-hybridized carbons (Fsp3) is 0.435. The Morgan fingerprint density at radius 1 is 1.04 bits per heavy atom. The number of oxime groups is 1. The monoisotopic (exact) mass is 381 g/mol. The average Bonchev–Trinajstić information content (AvgIpc) is 2.62. The maximum absolute atomic E-state index is 5.98. The first kappa shape index (κ1) is 22.8. The van der Waals surface area contributed by atoms with Crippen molar-refractivity contribution in [3.05, 3.63) is 48.0 Å². The number of rotatable bonds is 7. The van der Waals surface area contributed by atoms with Crippen LogP contribution in [0.1, 0.15) is 39.2 Å². The van der Waals surface area contributed by atoms with Crippen LogP contribution in [0.25, 0.3) is 0 Å². The molecule has 0 fully saturated rings. The second-order valence-corrected chi connectivity index (χ2v) is 12.4. The quantitative estimate of drug-likeness (QED) is 0.204. The number of benzene rings is 1. The van der Waals surface area contributed by atoms with E-state index in [1.165, 1.54) is 0 Å². The summed E-state index contributed by atoms with van der Waals surface area (Å²) in [5, 5.41) is 4.14. The SMILES string of the molecule is CC(C)(C)[Si](C)(C)OCC#C/C=C\C#CCC/C=N/OCc1ccccc1. The van der Waals surface area contributed by atoms with Crippen LogP contribution < -0.4 is 0 Å². The molecule has 27 heavy (non-hydrogen) atoms. The van der Waals surface area contributed by atoms with Gasteiger partial charge >= 0.3 is 0 Å². The molecular formula is C23H31NO2Si. The molecule has 1 aromatic carbocycles. The third-order valence-electron chi connectivity index (χ3n) is 4.39. The molecule has 0 unspecified atom stereocenters. The lowest BCUT2D eigenvalue weighted by Crippen LogP contribution is -2.40. The molecular weight excluding hydrogens is 350 g/mol. The summed E-state index contributed by atoms with van der Waals surface area (Å²) in [5.41, 5.74) is 1.11. The van der Waals surface area contributed by atoms with Crippen LogP contribution in [0.15, 0.2) is 47.6 Å². The highest BCUT2D eigenvalue weighted by molar-refractivity contribution is 6.74. The standard InChI is InChI=1S/C23H31NO2Si/c1-23(2,3)27(4,5)26-20-16-11-9-7-6-8-10-15-19-24-25-21-22-17-13-12-14-18-22/h7,9,12-14,17-19H,10,15,20-21H2,1-5H3/b9-7-,24-19+. The van der Waals surface area contributed by atoms with Crippen LogP contribution in [0.5, 0.6) is 0 Å². The van der Waals surface area contributed by atoms with Crippen LogP contribution >= 0.6 is 0 Å². The molecule has 1 rings (SSSR count). The molecule has 0 amide bonds. The number of nitrogens with zero attached hydrogens (tertiary/aromatic N) is 1. The normalized spacial score (nSPS) is 11.7. The van der Waals surface area contributed by atoms with E-state index in [1.54, 1.807) is 18.4 Å². The lowest BCUT2D eigenvalue weighted by atomic mass is 10.2. The van der Waals surface area contributed by atoms with E-state index in [2.05, 4.69) is 62.7 Å². The van der Waals surface area contributed by atoms with Gasteiger partial charge in [0.2, 0.25) is 0 Å². The largest absolute Gasteiger partial charge is 0.406 e. The molecule has 144 valence electrons. The Balaban J connectivity index is 2.14. The number of allylic oxidation sites excluding steroid dienone is 2. The summed E-state index contributed by atoms with van der Waals surface area (Å²) in [6, 6.07) is 9.97. The predicted molar refractivity (Wildman–Crippen MR) is 117 cm³/mol. The van der Waals surface area contributed by atoms with Gasteiger partial charge in [-0.15, -0.1) is 0 Å². The minimum Gasteiger partial charge on any atom is -0.406 e. The highest BCUT2D eigenvalue weighted by atomic mass is 28.4. The molecule has 3 nitrogen and oxygen atoms in total. The zero-order valence-corrected chi connectivity index (χ0v) is 18.2. The van der Waals surface area contributed by atoms with Gasteiger partial charge in [0.25, 0.3) is 0 Å². The molecule has 0 saturated carbocycles. The van der Waals surface area contributed by atoms with Gasteiger partial charge in [-0.3, -0.25) is 0 Å². The van der Waals surface area contributed by atoms with E-state index in [9.17, 15) is 0 Å². The molecule has 0 radical (unpaired) electrons. The molecule has 0 aliphatic rings. The molecule has 0 spiro atoms. The van der Waals surface area contributed by atoms with E-state index in [0.29, 0.717) is 13.2 Å². The van der Waals surface area contributed by atoms with Crippen molar-refractivity contribution >= 4 is 14.5 Å². The molecule has 0 aliphatic carbocycles. The summed E-state index contributed by atoms with van der Waals surface area (Å²) in [7, 11) is -1.70. The number of hydrogen-bond acceptors (Lipinski definition) is 3. The number of hydrogen-bond donors (Lipinski definition) is 0.